The Balaban J connectivity index is 2.09. The standard InChI is InChI=1S/C20H21N3O2/c1-20(2,3)25-18-17(21-15-12-8-9-13-16(15)22-18)19(24)23(4)14-10-6-5-7-11-14/h5-13H,1-4H3. The molecule has 0 aliphatic heterocycles. The predicted molar refractivity (Wildman–Crippen MR) is 99.1 cm³/mol. The molecule has 2 aromatic carbocycles. The van der Waals surface area contributed by atoms with Gasteiger partial charge in [0.25, 0.3) is 5.91 Å². The van der Waals surface area contributed by atoms with Gasteiger partial charge in [-0.15, -0.1) is 0 Å². The summed E-state index contributed by atoms with van der Waals surface area (Å²) in [5.41, 5.74) is 1.86. The summed E-state index contributed by atoms with van der Waals surface area (Å²) in [6.45, 7) is 5.75. The summed E-state index contributed by atoms with van der Waals surface area (Å²) < 4.78 is 5.93. The van der Waals surface area contributed by atoms with Crippen LogP contribution in [0.15, 0.2) is 54.6 Å². The summed E-state index contributed by atoms with van der Waals surface area (Å²) in [5, 5.41) is 0. The third-order valence-corrected chi connectivity index (χ3v) is 3.59. The van der Waals surface area contributed by atoms with Crippen molar-refractivity contribution in [1.82, 2.24) is 9.97 Å². The molecule has 0 aliphatic rings. The summed E-state index contributed by atoms with van der Waals surface area (Å²) in [7, 11) is 1.72. The van der Waals surface area contributed by atoms with Crippen LogP contribution in [0.3, 0.4) is 0 Å². The highest BCUT2D eigenvalue weighted by molar-refractivity contribution is 6.06. The molecule has 0 N–H and O–H groups in total. The van der Waals surface area contributed by atoms with Gasteiger partial charge in [-0.3, -0.25) is 4.79 Å². The minimum atomic E-state index is -0.489. The number of benzene rings is 2. The first kappa shape index (κ1) is 16.9. The third-order valence-electron chi connectivity index (χ3n) is 3.59. The summed E-state index contributed by atoms with van der Waals surface area (Å²) in [5.74, 6) is -0.0114. The van der Waals surface area contributed by atoms with Crippen molar-refractivity contribution < 1.29 is 9.53 Å². The lowest BCUT2D eigenvalue weighted by atomic mass is 10.2. The van der Waals surface area contributed by atoms with E-state index in [1.165, 1.54) is 0 Å². The molecule has 3 rings (SSSR count). The van der Waals surface area contributed by atoms with Crippen molar-refractivity contribution in [2.45, 2.75) is 26.4 Å². The topological polar surface area (TPSA) is 55.3 Å². The second-order valence-electron chi connectivity index (χ2n) is 6.78. The Morgan fingerprint density at radius 3 is 2.08 bits per heavy atom. The number of carbonyl (C=O) groups is 1. The summed E-state index contributed by atoms with van der Waals surface area (Å²) in [4.78, 5) is 23.6. The first-order chi connectivity index (χ1) is 11.8. The van der Waals surface area contributed by atoms with Crippen molar-refractivity contribution in [1.29, 1.82) is 0 Å². The number of anilines is 1. The van der Waals surface area contributed by atoms with E-state index in [0.29, 0.717) is 11.0 Å². The van der Waals surface area contributed by atoms with Crippen LogP contribution in [-0.4, -0.2) is 28.5 Å². The van der Waals surface area contributed by atoms with Crippen LogP contribution < -0.4 is 9.64 Å². The second-order valence-corrected chi connectivity index (χ2v) is 6.78. The van der Waals surface area contributed by atoms with Gasteiger partial charge in [0.2, 0.25) is 5.88 Å². The first-order valence-electron chi connectivity index (χ1n) is 8.14. The second kappa shape index (κ2) is 6.51. The Hall–Kier alpha value is -2.95. The van der Waals surface area contributed by atoms with Gasteiger partial charge in [-0.05, 0) is 45.0 Å². The van der Waals surface area contributed by atoms with Crippen molar-refractivity contribution in [3.8, 4) is 5.88 Å². The number of hydrogen-bond donors (Lipinski definition) is 0. The van der Waals surface area contributed by atoms with Gasteiger partial charge in [-0.2, -0.15) is 0 Å². The molecule has 0 saturated heterocycles. The van der Waals surface area contributed by atoms with E-state index in [2.05, 4.69) is 9.97 Å². The molecular formula is C20H21N3O2. The van der Waals surface area contributed by atoms with Crippen LogP contribution in [0.25, 0.3) is 11.0 Å². The summed E-state index contributed by atoms with van der Waals surface area (Å²) in [6, 6.07) is 16.9. The number of nitrogens with zero attached hydrogens (tertiary/aromatic N) is 3. The van der Waals surface area contributed by atoms with Crippen LogP contribution in [0.1, 0.15) is 31.3 Å². The molecule has 5 nitrogen and oxygen atoms in total. The molecule has 0 fully saturated rings. The predicted octanol–water partition coefficient (Wildman–Crippen LogP) is 4.08. The molecule has 0 spiro atoms. The lowest BCUT2D eigenvalue weighted by molar-refractivity contribution is 0.0957. The van der Waals surface area contributed by atoms with Crippen molar-refractivity contribution in [3.63, 3.8) is 0 Å². The summed E-state index contributed by atoms with van der Waals surface area (Å²) >= 11 is 0. The van der Waals surface area contributed by atoms with Crippen LogP contribution in [0.5, 0.6) is 5.88 Å². The van der Waals surface area contributed by atoms with Crippen LogP contribution in [-0.2, 0) is 0 Å². The zero-order valence-corrected chi connectivity index (χ0v) is 14.9. The molecule has 0 atom stereocenters. The molecule has 0 saturated carbocycles. The number of amides is 1. The van der Waals surface area contributed by atoms with Gasteiger partial charge in [-0.1, -0.05) is 30.3 Å². The molecule has 5 heteroatoms. The van der Waals surface area contributed by atoms with Crippen LogP contribution in [0.2, 0.25) is 0 Å². The first-order valence-corrected chi connectivity index (χ1v) is 8.14. The van der Waals surface area contributed by atoms with Gasteiger partial charge < -0.3 is 9.64 Å². The molecule has 0 unspecified atom stereocenters. The maximum absolute atomic E-state index is 13.0. The Morgan fingerprint density at radius 2 is 1.48 bits per heavy atom. The monoisotopic (exact) mass is 335 g/mol. The van der Waals surface area contributed by atoms with E-state index >= 15 is 0 Å². The summed E-state index contributed by atoms with van der Waals surface area (Å²) in [6.07, 6.45) is 0. The van der Waals surface area contributed by atoms with Gasteiger partial charge in [0, 0.05) is 12.7 Å². The molecule has 1 aromatic heterocycles. The van der Waals surface area contributed by atoms with E-state index in [0.717, 1.165) is 5.69 Å². The number of rotatable bonds is 3. The maximum Gasteiger partial charge on any atom is 0.282 e. The molecule has 128 valence electrons. The highest BCUT2D eigenvalue weighted by atomic mass is 16.5. The van der Waals surface area contributed by atoms with E-state index in [4.69, 9.17) is 4.74 Å². The van der Waals surface area contributed by atoms with Gasteiger partial charge in [-0.25, -0.2) is 9.97 Å². The highest BCUT2D eigenvalue weighted by Crippen LogP contribution is 2.25. The van der Waals surface area contributed by atoms with Gasteiger partial charge >= 0.3 is 0 Å². The smallest absolute Gasteiger partial charge is 0.282 e. The quantitative estimate of drug-likeness (QED) is 0.723. The van der Waals surface area contributed by atoms with E-state index in [1.807, 2.05) is 75.4 Å². The van der Waals surface area contributed by atoms with E-state index in [1.54, 1.807) is 11.9 Å². The van der Waals surface area contributed by atoms with Crippen molar-refractivity contribution in [3.05, 3.63) is 60.3 Å². The number of aromatic nitrogens is 2. The van der Waals surface area contributed by atoms with Gasteiger partial charge in [0.15, 0.2) is 5.69 Å². The Kier molecular flexibility index (Phi) is 4.40. The normalized spacial score (nSPS) is 11.4. The molecule has 0 bridgehead atoms. The van der Waals surface area contributed by atoms with Crippen molar-refractivity contribution in [2.24, 2.45) is 0 Å². The minimum absolute atomic E-state index is 0.208. The lowest BCUT2D eigenvalue weighted by Gasteiger charge is -2.23. The molecule has 3 aromatic rings. The Labute approximate surface area is 147 Å². The van der Waals surface area contributed by atoms with Crippen molar-refractivity contribution in [2.75, 3.05) is 11.9 Å². The van der Waals surface area contributed by atoms with Gasteiger partial charge in [0.1, 0.15) is 5.60 Å². The van der Waals surface area contributed by atoms with E-state index in [-0.39, 0.29) is 17.5 Å². The lowest BCUT2D eigenvalue weighted by Crippen LogP contribution is -2.30. The molecule has 0 aliphatic carbocycles. The van der Waals surface area contributed by atoms with E-state index < -0.39 is 5.60 Å². The van der Waals surface area contributed by atoms with Crippen LogP contribution >= 0.6 is 0 Å². The van der Waals surface area contributed by atoms with Crippen LogP contribution in [0, 0.1) is 0 Å². The number of carbonyl (C=O) groups excluding carboxylic acids is 1. The third kappa shape index (κ3) is 3.76. The molecule has 25 heavy (non-hydrogen) atoms. The zero-order valence-electron chi connectivity index (χ0n) is 14.9. The molecule has 1 heterocycles. The van der Waals surface area contributed by atoms with Crippen molar-refractivity contribution >= 4 is 22.6 Å². The molecule has 1 amide bonds. The van der Waals surface area contributed by atoms with Crippen LogP contribution in [0.4, 0.5) is 5.69 Å². The molecule has 0 radical (unpaired) electrons. The molecular weight excluding hydrogens is 314 g/mol. The fourth-order valence-electron chi connectivity index (χ4n) is 2.41. The largest absolute Gasteiger partial charge is 0.470 e. The zero-order chi connectivity index (χ0) is 18.0. The Morgan fingerprint density at radius 1 is 0.920 bits per heavy atom. The maximum atomic E-state index is 13.0. The average molecular weight is 335 g/mol. The average Bonchev–Trinajstić information content (AvgIpc) is 2.59. The fourth-order valence-corrected chi connectivity index (χ4v) is 2.41. The Bertz CT molecular complexity index is 902. The SMILES string of the molecule is CN(C(=O)c1nc2ccccc2nc1OC(C)(C)C)c1ccccc1. The van der Waals surface area contributed by atoms with E-state index in [9.17, 15) is 4.79 Å². The fraction of sp³-hybridized carbons (Fsp3) is 0.250. The minimum Gasteiger partial charge on any atom is -0.470 e. The number of para-hydroxylation sites is 3. The number of ether oxygens (including phenoxy) is 1. The van der Waals surface area contributed by atoms with Gasteiger partial charge in [0.05, 0.1) is 11.0 Å². The number of hydrogen-bond acceptors (Lipinski definition) is 4. The number of fused-ring (bicyclic) bond motifs is 1. The highest BCUT2D eigenvalue weighted by Gasteiger charge is 2.25.